The Bertz CT molecular complexity index is 545. The number of alkyl halides is 1. The summed E-state index contributed by atoms with van der Waals surface area (Å²) in [6.07, 6.45) is 6.94. The van der Waals surface area contributed by atoms with Gasteiger partial charge in [-0.2, -0.15) is 0 Å². The van der Waals surface area contributed by atoms with Crippen molar-refractivity contribution in [2.24, 2.45) is 11.8 Å². The van der Waals surface area contributed by atoms with E-state index in [2.05, 4.69) is 6.92 Å². The van der Waals surface area contributed by atoms with Crippen LogP contribution in [0, 0.1) is 11.8 Å². The topological polar surface area (TPSA) is 43.4 Å². The molecule has 1 aromatic rings. The number of aryl methyl sites for hydroxylation is 1. The molecule has 0 heterocycles. The van der Waals surface area contributed by atoms with Crippen LogP contribution in [0.4, 0.5) is 4.39 Å². The minimum Gasteiger partial charge on any atom is -0.426 e. The minimum atomic E-state index is -0.319. The first-order valence-electron chi connectivity index (χ1n) is 9.53. The molecule has 3 nitrogen and oxygen atoms in total. The standard InChI is InChI=1S/C21H29FO3/c1-2-3-6-20(23)17-9-11-18(12-10-17)21(24)25-19-13-7-16(8-14-19)5-4-15-22/h7-8,13-14,17-18H,2-6,9-12,15H2,1H3/t17-,18-. The predicted molar refractivity (Wildman–Crippen MR) is 96.4 cm³/mol. The maximum absolute atomic E-state index is 12.3. The van der Waals surface area contributed by atoms with Gasteiger partial charge in [0.15, 0.2) is 0 Å². The van der Waals surface area contributed by atoms with Gasteiger partial charge >= 0.3 is 5.97 Å². The monoisotopic (exact) mass is 348 g/mol. The molecule has 25 heavy (non-hydrogen) atoms. The molecule has 2 rings (SSSR count). The van der Waals surface area contributed by atoms with Gasteiger partial charge in [-0.25, -0.2) is 0 Å². The van der Waals surface area contributed by atoms with Gasteiger partial charge in [0, 0.05) is 12.3 Å². The average Bonchev–Trinajstić information content (AvgIpc) is 2.65. The Kier molecular flexibility index (Phi) is 8.10. The molecule has 138 valence electrons. The van der Waals surface area contributed by atoms with E-state index >= 15 is 0 Å². The second-order valence-electron chi connectivity index (χ2n) is 6.98. The van der Waals surface area contributed by atoms with Crippen LogP contribution in [0.15, 0.2) is 24.3 Å². The molecule has 0 aromatic heterocycles. The molecule has 0 aliphatic heterocycles. The summed E-state index contributed by atoms with van der Waals surface area (Å²) in [7, 11) is 0. The third kappa shape index (κ3) is 6.26. The molecule has 4 heteroatoms. The van der Waals surface area contributed by atoms with Gasteiger partial charge in [-0.05, 0) is 62.6 Å². The highest BCUT2D eigenvalue weighted by molar-refractivity contribution is 5.81. The number of ketones is 1. The Morgan fingerprint density at radius 2 is 1.68 bits per heavy atom. The fourth-order valence-corrected chi connectivity index (χ4v) is 3.40. The molecule has 0 spiro atoms. The SMILES string of the molecule is CCCCC(=O)[C@H]1CC[C@H](C(=O)Oc2ccc(CCCF)cc2)CC1. The van der Waals surface area contributed by atoms with Gasteiger partial charge in [-0.3, -0.25) is 14.0 Å². The fraction of sp³-hybridized carbons (Fsp3) is 0.619. The fourth-order valence-electron chi connectivity index (χ4n) is 3.40. The second kappa shape index (κ2) is 10.3. The van der Waals surface area contributed by atoms with E-state index in [-0.39, 0.29) is 24.5 Å². The Hall–Kier alpha value is -1.71. The van der Waals surface area contributed by atoms with Crippen molar-refractivity contribution in [1.29, 1.82) is 0 Å². The van der Waals surface area contributed by atoms with Crippen LogP contribution in [0.1, 0.15) is 63.9 Å². The van der Waals surface area contributed by atoms with Gasteiger partial charge < -0.3 is 4.74 Å². The van der Waals surface area contributed by atoms with Gasteiger partial charge in [-0.1, -0.05) is 25.5 Å². The number of Topliss-reactive ketones (excluding diaryl/α,β-unsaturated/α-hetero) is 1. The van der Waals surface area contributed by atoms with Crippen molar-refractivity contribution in [3.63, 3.8) is 0 Å². The summed E-state index contributed by atoms with van der Waals surface area (Å²) in [6, 6.07) is 7.29. The van der Waals surface area contributed by atoms with Crippen molar-refractivity contribution in [1.82, 2.24) is 0 Å². The van der Waals surface area contributed by atoms with Gasteiger partial charge in [-0.15, -0.1) is 0 Å². The van der Waals surface area contributed by atoms with Crippen molar-refractivity contribution in [2.45, 2.75) is 64.7 Å². The first-order valence-corrected chi connectivity index (χ1v) is 9.53. The molecule has 1 aliphatic rings. The van der Waals surface area contributed by atoms with E-state index in [1.54, 1.807) is 12.1 Å². The third-order valence-electron chi connectivity index (χ3n) is 5.03. The molecular weight excluding hydrogens is 319 g/mol. The molecular formula is C21H29FO3. The largest absolute Gasteiger partial charge is 0.426 e. The van der Waals surface area contributed by atoms with Gasteiger partial charge in [0.1, 0.15) is 11.5 Å². The van der Waals surface area contributed by atoms with Crippen molar-refractivity contribution < 1.29 is 18.7 Å². The van der Waals surface area contributed by atoms with Crippen molar-refractivity contribution in [2.75, 3.05) is 6.67 Å². The molecule has 0 amide bonds. The average molecular weight is 348 g/mol. The molecule has 0 bridgehead atoms. The number of halogens is 1. The van der Waals surface area contributed by atoms with Crippen LogP contribution < -0.4 is 4.74 Å². The van der Waals surface area contributed by atoms with E-state index in [9.17, 15) is 14.0 Å². The number of benzene rings is 1. The van der Waals surface area contributed by atoms with Crippen molar-refractivity contribution in [3.8, 4) is 5.75 Å². The van der Waals surface area contributed by atoms with E-state index in [4.69, 9.17) is 4.74 Å². The zero-order valence-electron chi connectivity index (χ0n) is 15.1. The van der Waals surface area contributed by atoms with Crippen LogP contribution in [0.5, 0.6) is 5.75 Å². The molecule has 0 atom stereocenters. The summed E-state index contributed by atoms with van der Waals surface area (Å²) in [5.41, 5.74) is 1.04. The molecule has 0 saturated heterocycles. The number of hydrogen-bond acceptors (Lipinski definition) is 3. The summed E-state index contributed by atoms with van der Waals surface area (Å²) in [6.45, 7) is 1.77. The quantitative estimate of drug-likeness (QED) is 0.463. The van der Waals surface area contributed by atoms with E-state index < -0.39 is 0 Å². The Morgan fingerprint density at radius 1 is 1.04 bits per heavy atom. The lowest BCUT2D eigenvalue weighted by molar-refractivity contribution is -0.141. The molecule has 0 radical (unpaired) electrons. The first-order chi connectivity index (χ1) is 12.1. The maximum atomic E-state index is 12.3. The van der Waals surface area contributed by atoms with Crippen molar-refractivity contribution in [3.05, 3.63) is 29.8 Å². The lowest BCUT2D eigenvalue weighted by Crippen LogP contribution is -2.28. The normalized spacial score (nSPS) is 20.2. The lowest BCUT2D eigenvalue weighted by atomic mass is 9.79. The van der Waals surface area contributed by atoms with Gasteiger partial charge in [0.05, 0.1) is 12.6 Å². The number of hydrogen-bond donors (Lipinski definition) is 0. The molecule has 0 unspecified atom stereocenters. The predicted octanol–water partition coefficient (Wildman–Crippen LogP) is 5.06. The number of ether oxygens (including phenoxy) is 1. The first kappa shape index (κ1) is 19.6. The number of carbonyl (C=O) groups is 2. The van der Waals surface area contributed by atoms with Crippen LogP contribution >= 0.6 is 0 Å². The zero-order valence-corrected chi connectivity index (χ0v) is 15.1. The van der Waals surface area contributed by atoms with Crippen LogP contribution in [0.25, 0.3) is 0 Å². The number of esters is 1. The summed E-state index contributed by atoms with van der Waals surface area (Å²) >= 11 is 0. The van der Waals surface area contributed by atoms with Crippen molar-refractivity contribution >= 4 is 11.8 Å². The molecule has 0 N–H and O–H groups in total. The van der Waals surface area contributed by atoms with Crippen LogP contribution in [0.2, 0.25) is 0 Å². The Balaban J connectivity index is 1.77. The summed E-state index contributed by atoms with van der Waals surface area (Å²) in [5.74, 6) is 0.718. The van der Waals surface area contributed by atoms with Gasteiger partial charge in [0.2, 0.25) is 0 Å². The highest BCUT2D eigenvalue weighted by Crippen LogP contribution is 2.31. The lowest BCUT2D eigenvalue weighted by Gasteiger charge is -2.26. The van der Waals surface area contributed by atoms with Crippen LogP contribution in [-0.2, 0) is 16.0 Å². The number of carbonyl (C=O) groups excluding carboxylic acids is 2. The number of unbranched alkanes of at least 4 members (excludes halogenated alkanes) is 1. The van der Waals surface area contributed by atoms with E-state index in [1.807, 2.05) is 12.1 Å². The van der Waals surface area contributed by atoms with E-state index in [0.29, 0.717) is 30.8 Å². The number of rotatable bonds is 9. The highest BCUT2D eigenvalue weighted by Gasteiger charge is 2.30. The zero-order chi connectivity index (χ0) is 18.1. The smallest absolute Gasteiger partial charge is 0.314 e. The maximum Gasteiger partial charge on any atom is 0.314 e. The molecule has 1 saturated carbocycles. The summed E-state index contributed by atoms with van der Waals surface area (Å²) < 4.78 is 17.7. The summed E-state index contributed by atoms with van der Waals surface area (Å²) in [5, 5.41) is 0. The van der Waals surface area contributed by atoms with Gasteiger partial charge in [0.25, 0.3) is 0 Å². The molecule has 1 aliphatic carbocycles. The van der Waals surface area contributed by atoms with Crippen LogP contribution in [0.3, 0.4) is 0 Å². The second-order valence-corrected chi connectivity index (χ2v) is 6.98. The highest BCUT2D eigenvalue weighted by atomic mass is 19.1. The van der Waals surface area contributed by atoms with Crippen LogP contribution in [-0.4, -0.2) is 18.4 Å². The third-order valence-corrected chi connectivity index (χ3v) is 5.03. The Morgan fingerprint density at radius 3 is 2.28 bits per heavy atom. The summed E-state index contributed by atoms with van der Waals surface area (Å²) in [4.78, 5) is 24.4. The van der Waals surface area contributed by atoms with E-state index in [1.165, 1.54) is 0 Å². The molecule has 1 aromatic carbocycles. The van der Waals surface area contributed by atoms with E-state index in [0.717, 1.165) is 44.1 Å². The Labute approximate surface area is 150 Å². The molecule has 1 fully saturated rings. The minimum absolute atomic E-state index is 0.110.